The molecule has 1 aromatic rings. The van der Waals surface area contributed by atoms with E-state index in [1.807, 2.05) is 24.3 Å². The Morgan fingerprint density at radius 3 is 2.92 bits per heavy atom. The van der Waals surface area contributed by atoms with Crippen molar-refractivity contribution >= 4 is 24.3 Å². The largest absolute Gasteiger partial charge is 0.351 e. The molecule has 0 saturated heterocycles. The Balaban J connectivity index is 0.000000720. The fourth-order valence-corrected chi connectivity index (χ4v) is 1.10. The van der Waals surface area contributed by atoms with E-state index >= 15 is 0 Å². The number of aliphatic imine (C=N–C) groups is 1. The first-order valence-corrected chi connectivity index (χ1v) is 3.50. The number of nitrogens with two attached hydrogens (primary N) is 1. The van der Waals surface area contributed by atoms with Crippen LogP contribution in [0.25, 0.3) is 0 Å². The van der Waals surface area contributed by atoms with Crippen molar-refractivity contribution in [2.75, 3.05) is 5.32 Å². The predicted octanol–water partition coefficient (Wildman–Crippen LogP) is 1.20. The number of anilines is 1. The number of hydrogen-bond acceptors (Lipinski definition) is 3. The van der Waals surface area contributed by atoms with Crippen LogP contribution in [0.3, 0.4) is 0 Å². The van der Waals surface area contributed by atoms with Crippen LogP contribution < -0.4 is 11.1 Å². The maximum atomic E-state index is 5.54. The lowest BCUT2D eigenvalue weighted by atomic mass is 10.2. The summed E-state index contributed by atoms with van der Waals surface area (Å²) in [6, 6.07) is 7.93. The van der Waals surface area contributed by atoms with E-state index in [1.54, 1.807) is 6.21 Å². The van der Waals surface area contributed by atoms with E-state index in [1.165, 1.54) is 0 Å². The molecule has 2 rings (SSSR count). The summed E-state index contributed by atoms with van der Waals surface area (Å²) in [4.78, 5) is 4.01. The van der Waals surface area contributed by atoms with E-state index in [2.05, 4.69) is 10.3 Å². The SMILES string of the molecule is Cl.NC1N=Cc2ccccc2N1. The van der Waals surface area contributed by atoms with Gasteiger partial charge in [-0.2, -0.15) is 0 Å². The van der Waals surface area contributed by atoms with Gasteiger partial charge < -0.3 is 5.32 Å². The quantitative estimate of drug-likeness (QED) is 0.635. The van der Waals surface area contributed by atoms with Gasteiger partial charge >= 0.3 is 0 Å². The first kappa shape index (κ1) is 9.03. The summed E-state index contributed by atoms with van der Waals surface area (Å²) in [7, 11) is 0. The second-order valence-electron chi connectivity index (χ2n) is 2.45. The van der Waals surface area contributed by atoms with Crippen LogP contribution >= 0.6 is 12.4 Å². The zero-order valence-corrected chi connectivity index (χ0v) is 7.21. The molecule has 0 saturated carbocycles. The third-order valence-electron chi connectivity index (χ3n) is 1.64. The summed E-state index contributed by atoms with van der Waals surface area (Å²) in [5, 5.41) is 3.04. The lowest BCUT2D eigenvalue weighted by Crippen LogP contribution is -2.30. The van der Waals surface area contributed by atoms with E-state index in [0.717, 1.165) is 11.3 Å². The number of rotatable bonds is 0. The zero-order chi connectivity index (χ0) is 7.68. The summed E-state index contributed by atoms with van der Waals surface area (Å²) in [5.41, 5.74) is 7.68. The molecule has 4 heteroatoms. The van der Waals surface area contributed by atoms with E-state index in [9.17, 15) is 0 Å². The van der Waals surface area contributed by atoms with Crippen LogP contribution in [0.15, 0.2) is 29.3 Å². The monoisotopic (exact) mass is 183 g/mol. The molecule has 3 nitrogen and oxygen atoms in total. The van der Waals surface area contributed by atoms with Crippen LogP contribution in [0.4, 0.5) is 5.69 Å². The van der Waals surface area contributed by atoms with Gasteiger partial charge in [-0.25, -0.2) is 0 Å². The fraction of sp³-hybridized carbons (Fsp3) is 0.125. The van der Waals surface area contributed by atoms with E-state index in [-0.39, 0.29) is 18.7 Å². The number of nitrogens with zero attached hydrogens (tertiary/aromatic N) is 1. The van der Waals surface area contributed by atoms with Crippen LogP contribution in [-0.4, -0.2) is 12.5 Å². The van der Waals surface area contributed by atoms with Crippen LogP contribution in [0.2, 0.25) is 0 Å². The van der Waals surface area contributed by atoms with Crippen molar-refractivity contribution in [3.05, 3.63) is 29.8 Å². The van der Waals surface area contributed by atoms with Crippen LogP contribution in [0, 0.1) is 0 Å². The van der Waals surface area contributed by atoms with Crippen LogP contribution in [0.5, 0.6) is 0 Å². The third-order valence-corrected chi connectivity index (χ3v) is 1.64. The topological polar surface area (TPSA) is 50.4 Å². The molecule has 64 valence electrons. The Morgan fingerprint density at radius 1 is 1.33 bits per heavy atom. The number of benzene rings is 1. The second kappa shape index (κ2) is 3.56. The molecule has 1 aliphatic heterocycles. The summed E-state index contributed by atoms with van der Waals surface area (Å²) in [5.74, 6) is 0. The first-order valence-electron chi connectivity index (χ1n) is 3.50. The van der Waals surface area contributed by atoms with Crippen molar-refractivity contribution in [1.82, 2.24) is 0 Å². The molecule has 3 N–H and O–H groups in total. The minimum atomic E-state index is -0.287. The maximum absolute atomic E-state index is 5.54. The minimum Gasteiger partial charge on any atom is -0.351 e. The molecular weight excluding hydrogens is 174 g/mol. The lowest BCUT2D eigenvalue weighted by molar-refractivity contribution is 0.806. The number of fused-ring (bicyclic) bond motifs is 1. The van der Waals surface area contributed by atoms with Crippen LogP contribution in [-0.2, 0) is 0 Å². The molecular formula is C8H10ClN3. The van der Waals surface area contributed by atoms with E-state index < -0.39 is 0 Å². The van der Waals surface area contributed by atoms with Gasteiger partial charge in [-0.15, -0.1) is 12.4 Å². The van der Waals surface area contributed by atoms with E-state index in [4.69, 9.17) is 5.73 Å². The van der Waals surface area contributed by atoms with Crippen LogP contribution in [0.1, 0.15) is 5.56 Å². The average Bonchev–Trinajstić information content (AvgIpc) is 2.04. The molecule has 0 aliphatic carbocycles. The first-order chi connectivity index (χ1) is 5.36. The van der Waals surface area contributed by atoms with Gasteiger partial charge in [0.2, 0.25) is 0 Å². The number of nitrogens with one attached hydrogen (secondary N) is 1. The maximum Gasteiger partial charge on any atom is 0.171 e. The van der Waals surface area contributed by atoms with Crippen molar-refractivity contribution in [3.8, 4) is 0 Å². The molecule has 0 radical (unpaired) electrons. The normalized spacial score (nSPS) is 18.9. The third kappa shape index (κ3) is 1.57. The highest BCUT2D eigenvalue weighted by Gasteiger charge is 2.06. The Kier molecular flexibility index (Phi) is 2.68. The molecule has 0 aromatic heterocycles. The van der Waals surface area contributed by atoms with Crippen molar-refractivity contribution < 1.29 is 0 Å². The summed E-state index contributed by atoms with van der Waals surface area (Å²) >= 11 is 0. The lowest BCUT2D eigenvalue weighted by Gasteiger charge is -2.17. The Labute approximate surface area is 77.1 Å². The number of halogens is 1. The number of para-hydroxylation sites is 1. The van der Waals surface area contributed by atoms with Gasteiger partial charge in [-0.05, 0) is 6.07 Å². The molecule has 1 atom stereocenters. The average molecular weight is 184 g/mol. The Morgan fingerprint density at radius 2 is 2.08 bits per heavy atom. The molecule has 1 unspecified atom stereocenters. The summed E-state index contributed by atoms with van der Waals surface area (Å²) in [6.45, 7) is 0. The molecule has 0 spiro atoms. The molecule has 1 heterocycles. The zero-order valence-electron chi connectivity index (χ0n) is 6.40. The van der Waals surface area contributed by atoms with Gasteiger partial charge in [0.15, 0.2) is 6.29 Å². The van der Waals surface area contributed by atoms with Gasteiger partial charge in [-0.3, -0.25) is 10.7 Å². The van der Waals surface area contributed by atoms with Crippen molar-refractivity contribution in [2.24, 2.45) is 10.7 Å². The van der Waals surface area contributed by atoms with Gasteiger partial charge in [0, 0.05) is 17.5 Å². The Hall–Kier alpha value is -1.06. The Bertz CT molecular complexity index is 298. The molecule has 12 heavy (non-hydrogen) atoms. The smallest absolute Gasteiger partial charge is 0.171 e. The highest BCUT2D eigenvalue weighted by molar-refractivity contribution is 5.89. The van der Waals surface area contributed by atoms with Gasteiger partial charge in [-0.1, -0.05) is 18.2 Å². The highest BCUT2D eigenvalue weighted by atomic mass is 35.5. The summed E-state index contributed by atoms with van der Waals surface area (Å²) < 4.78 is 0. The van der Waals surface area contributed by atoms with Crippen molar-refractivity contribution in [3.63, 3.8) is 0 Å². The predicted molar refractivity (Wildman–Crippen MR) is 52.9 cm³/mol. The highest BCUT2D eigenvalue weighted by Crippen LogP contribution is 2.16. The molecule has 1 aliphatic rings. The van der Waals surface area contributed by atoms with Gasteiger partial charge in [0.25, 0.3) is 0 Å². The molecule has 0 amide bonds. The van der Waals surface area contributed by atoms with Gasteiger partial charge in [0.05, 0.1) is 0 Å². The molecule has 1 aromatic carbocycles. The minimum absolute atomic E-state index is 0. The molecule has 0 bridgehead atoms. The van der Waals surface area contributed by atoms with E-state index in [0.29, 0.717) is 0 Å². The van der Waals surface area contributed by atoms with Crippen molar-refractivity contribution in [2.45, 2.75) is 6.29 Å². The van der Waals surface area contributed by atoms with Crippen molar-refractivity contribution in [1.29, 1.82) is 0 Å². The second-order valence-corrected chi connectivity index (χ2v) is 2.45. The molecule has 0 fully saturated rings. The fourth-order valence-electron chi connectivity index (χ4n) is 1.10. The number of hydrogen-bond donors (Lipinski definition) is 2. The standard InChI is InChI=1S/C8H9N3.ClH/c9-8-10-5-6-3-1-2-4-7(6)11-8;/h1-5,8,11H,9H2;1H. The van der Waals surface area contributed by atoms with Gasteiger partial charge in [0.1, 0.15) is 0 Å². The summed E-state index contributed by atoms with van der Waals surface area (Å²) in [6.07, 6.45) is 1.50.